The van der Waals surface area contributed by atoms with Gasteiger partial charge in [-0.2, -0.15) is 12.6 Å². The summed E-state index contributed by atoms with van der Waals surface area (Å²) in [7, 11) is 0. The third-order valence-corrected chi connectivity index (χ3v) is 5.24. The molecule has 2 rings (SSSR count). The Kier molecular flexibility index (Phi) is 9.66. The molecular weight excluding hydrogens is 454 g/mol. The van der Waals surface area contributed by atoms with E-state index in [2.05, 4.69) is 33.6 Å². The number of nitrogens with two attached hydrogens (primary N) is 1. The van der Waals surface area contributed by atoms with Gasteiger partial charge in [0, 0.05) is 29.3 Å². The minimum absolute atomic E-state index is 0.0367. The molecule has 2 aromatic rings. The van der Waals surface area contributed by atoms with Gasteiger partial charge >= 0.3 is 5.97 Å². The number of rotatable bonds is 12. The number of thiol groups is 1. The highest BCUT2D eigenvalue weighted by molar-refractivity contribution is 7.80. The fraction of sp³-hybridized carbons (Fsp3) is 0.400. The highest BCUT2D eigenvalue weighted by Gasteiger charge is 2.30. The molecule has 4 atom stereocenters. The second-order valence-electron chi connectivity index (χ2n) is 7.24. The van der Waals surface area contributed by atoms with Crippen LogP contribution in [0.4, 0.5) is 0 Å². The van der Waals surface area contributed by atoms with Crippen LogP contribution in [0.25, 0.3) is 10.9 Å². The Morgan fingerprint density at radius 1 is 0.939 bits per heavy atom. The summed E-state index contributed by atoms with van der Waals surface area (Å²) >= 11 is 4.03. The number of carboxylic acid groups (broad SMARTS) is 1. The van der Waals surface area contributed by atoms with Crippen LogP contribution < -0.4 is 21.7 Å². The van der Waals surface area contributed by atoms with E-state index in [0.29, 0.717) is 5.56 Å². The lowest BCUT2D eigenvalue weighted by Gasteiger charge is -2.24. The molecule has 9 N–H and O–H groups in total. The number of carbonyl (C=O) groups excluding carboxylic acids is 3. The third-order valence-electron chi connectivity index (χ3n) is 4.88. The fourth-order valence-electron chi connectivity index (χ4n) is 3.02. The van der Waals surface area contributed by atoms with E-state index in [4.69, 9.17) is 21.1 Å². The average molecular weight is 482 g/mol. The molecule has 0 fully saturated rings. The smallest absolute Gasteiger partial charge is 0.328 e. The van der Waals surface area contributed by atoms with Crippen LogP contribution in [0.5, 0.6) is 0 Å². The first-order valence-electron chi connectivity index (χ1n) is 9.98. The Bertz CT molecular complexity index is 998. The first kappa shape index (κ1) is 26.1. The normalized spacial score (nSPS) is 14.7. The van der Waals surface area contributed by atoms with Crippen LogP contribution in [0.3, 0.4) is 0 Å². The van der Waals surface area contributed by atoms with Gasteiger partial charge < -0.3 is 42.0 Å². The molecule has 0 spiro atoms. The van der Waals surface area contributed by atoms with E-state index in [1.54, 1.807) is 6.20 Å². The van der Waals surface area contributed by atoms with Gasteiger partial charge in [0.1, 0.15) is 24.2 Å². The van der Waals surface area contributed by atoms with E-state index in [0.717, 1.165) is 10.9 Å². The second-order valence-corrected chi connectivity index (χ2v) is 7.60. The molecule has 0 saturated heterocycles. The zero-order chi connectivity index (χ0) is 24.5. The summed E-state index contributed by atoms with van der Waals surface area (Å²) in [4.78, 5) is 51.7. The fourth-order valence-corrected chi connectivity index (χ4v) is 3.27. The molecule has 33 heavy (non-hydrogen) atoms. The molecule has 3 amide bonds. The van der Waals surface area contributed by atoms with Gasteiger partial charge in [-0.3, -0.25) is 14.4 Å². The van der Waals surface area contributed by atoms with Crippen molar-refractivity contribution >= 4 is 47.2 Å². The van der Waals surface area contributed by atoms with Crippen molar-refractivity contribution in [2.45, 2.75) is 30.6 Å². The summed E-state index contributed by atoms with van der Waals surface area (Å²) in [5.41, 5.74) is 7.08. The Labute approximate surface area is 194 Å². The number of aromatic amines is 1. The number of aromatic nitrogens is 1. The summed E-state index contributed by atoms with van der Waals surface area (Å²) in [6.07, 6.45) is 1.72. The van der Waals surface area contributed by atoms with Crippen molar-refractivity contribution in [1.29, 1.82) is 0 Å². The van der Waals surface area contributed by atoms with Gasteiger partial charge in [-0.25, -0.2) is 4.79 Å². The van der Waals surface area contributed by atoms with Gasteiger partial charge in [-0.05, 0) is 11.6 Å². The molecule has 1 heterocycles. The Hall–Kier alpha value is -3.13. The molecule has 4 unspecified atom stereocenters. The van der Waals surface area contributed by atoms with Crippen molar-refractivity contribution in [3.63, 3.8) is 0 Å². The highest BCUT2D eigenvalue weighted by Crippen LogP contribution is 2.19. The summed E-state index contributed by atoms with van der Waals surface area (Å²) in [5.74, 6) is -4.01. The summed E-state index contributed by atoms with van der Waals surface area (Å²) < 4.78 is 0. The number of H-pyrrole nitrogens is 1. The van der Waals surface area contributed by atoms with Crippen molar-refractivity contribution in [2.75, 3.05) is 19.0 Å². The standard InChI is InChI=1S/C20H27N5O7S/c21-12(7-26)17(28)23-14(5-10-6-22-13-4-2-1-3-11(10)13)18(29)25-16(9-33)19(30)24-15(8-27)20(31)32/h1-4,6,12,14-16,22,26-27,33H,5,7-9,21H2,(H,23,28)(H,24,30)(H,25,29)(H,31,32). The van der Waals surface area contributed by atoms with E-state index in [1.807, 2.05) is 24.3 Å². The second kappa shape index (κ2) is 12.2. The topological polar surface area (TPSA) is 207 Å². The minimum atomic E-state index is -1.55. The first-order valence-corrected chi connectivity index (χ1v) is 10.6. The number of benzene rings is 1. The van der Waals surface area contributed by atoms with Crippen LogP contribution >= 0.6 is 12.6 Å². The van der Waals surface area contributed by atoms with Gasteiger partial charge in [-0.15, -0.1) is 0 Å². The number of amides is 3. The number of aliphatic hydroxyl groups excluding tert-OH is 2. The molecule has 0 saturated carbocycles. The van der Waals surface area contributed by atoms with Crippen molar-refractivity contribution in [3.05, 3.63) is 36.0 Å². The summed E-state index contributed by atoms with van der Waals surface area (Å²) in [6.45, 7) is -1.47. The monoisotopic (exact) mass is 481 g/mol. The number of carbonyl (C=O) groups is 4. The van der Waals surface area contributed by atoms with Crippen LogP contribution in [0, 0.1) is 0 Å². The third kappa shape index (κ3) is 6.92. The molecule has 1 aromatic heterocycles. The minimum Gasteiger partial charge on any atom is -0.480 e. The van der Waals surface area contributed by atoms with E-state index >= 15 is 0 Å². The maximum Gasteiger partial charge on any atom is 0.328 e. The van der Waals surface area contributed by atoms with Gasteiger partial charge in [0.2, 0.25) is 17.7 Å². The molecular formula is C20H27N5O7S. The van der Waals surface area contributed by atoms with E-state index in [9.17, 15) is 19.2 Å². The summed E-state index contributed by atoms with van der Waals surface area (Å²) in [6, 6.07) is 2.10. The lowest BCUT2D eigenvalue weighted by atomic mass is 10.0. The van der Waals surface area contributed by atoms with Crippen molar-refractivity contribution in [2.24, 2.45) is 5.73 Å². The van der Waals surface area contributed by atoms with Crippen molar-refractivity contribution < 1.29 is 34.5 Å². The van der Waals surface area contributed by atoms with Gasteiger partial charge in [0.15, 0.2) is 0 Å². The number of carboxylic acids is 1. The van der Waals surface area contributed by atoms with E-state index in [1.165, 1.54) is 0 Å². The lowest BCUT2D eigenvalue weighted by Crippen LogP contribution is -2.58. The van der Waals surface area contributed by atoms with E-state index in [-0.39, 0.29) is 12.2 Å². The molecule has 180 valence electrons. The number of aliphatic carboxylic acids is 1. The molecule has 0 aliphatic carbocycles. The van der Waals surface area contributed by atoms with Crippen LogP contribution in [0.2, 0.25) is 0 Å². The quantitative estimate of drug-likeness (QED) is 0.148. The van der Waals surface area contributed by atoms with Gasteiger partial charge in [0.25, 0.3) is 0 Å². The number of fused-ring (bicyclic) bond motifs is 1. The van der Waals surface area contributed by atoms with Gasteiger partial charge in [0.05, 0.1) is 13.2 Å². The molecule has 0 aliphatic rings. The largest absolute Gasteiger partial charge is 0.480 e. The maximum atomic E-state index is 13.0. The van der Waals surface area contributed by atoms with Crippen LogP contribution in [0.15, 0.2) is 30.5 Å². The predicted molar refractivity (Wildman–Crippen MR) is 121 cm³/mol. The zero-order valence-electron chi connectivity index (χ0n) is 17.5. The molecule has 0 aliphatic heterocycles. The Morgan fingerprint density at radius 2 is 1.55 bits per heavy atom. The van der Waals surface area contributed by atoms with Crippen molar-refractivity contribution in [3.8, 4) is 0 Å². The molecule has 1 aromatic carbocycles. The van der Waals surface area contributed by atoms with Crippen LogP contribution in [-0.2, 0) is 25.6 Å². The Balaban J connectivity index is 2.21. The molecule has 0 radical (unpaired) electrons. The van der Waals surface area contributed by atoms with Crippen LogP contribution in [0.1, 0.15) is 5.56 Å². The number of aliphatic hydroxyl groups is 2. The average Bonchev–Trinajstić information content (AvgIpc) is 3.22. The molecule has 12 nitrogen and oxygen atoms in total. The number of hydrogen-bond acceptors (Lipinski definition) is 8. The molecule has 0 bridgehead atoms. The Morgan fingerprint density at radius 3 is 2.15 bits per heavy atom. The first-order chi connectivity index (χ1) is 15.7. The number of para-hydroxylation sites is 1. The number of nitrogens with one attached hydrogen (secondary N) is 4. The van der Waals surface area contributed by atoms with E-state index < -0.39 is 61.1 Å². The zero-order valence-corrected chi connectivity index (χ0v) is 18.4. The summed E-state index contributed by atoms with van der Waals surface area (Å²) in [5, 5.41) is 35.0. The molecule has 13 heteroatoms. The number of hydrogen-bond donors (Lipinski definition) is 9. The van der Waals surface area contributed by atoms with Crippen LogP contribution in [-0.4, -0.2) is 87.1 Å². The SMILES string of the molecule is NC(CO)C(=O)NC(Cc1c[nH]c2ccccc12)C(=O)NC(CS)C(=O)NC(CO)C(=O)O. The lowest BCUT2D eigenvalue weighted by molar-refractivity contribution is -0.143. The van der Waals surface area contributed by atoms with Gasteiger partial charge in [-0.1, -0.05) is 18.2 Å². The highest BCUT2D eigenvalue weighted by atomic mass is 32.1. The van der Waals surface area contributed by atoms with Crippen molar-refractivity contribution in [1.82, 2.24) is 20.9 Å². The predicted octanol–water partition coefficient (Wildman–Crippen LogP) is -2.51. The maximum absolute atomic E-state index is 13.0.